The lowest BCUT2D eigenvalue weighted by molar-refractivity contribution is 0.198. The summed E-state index contributed by atoms with van der Waals surface area (Å²) < 4.78 is 0. The standard InChI is InChI=1S/C22H28N2OS/c23-22(15-25)8-5-20(13-22)19-4-3-17-11-16(1-2-18(17)12-19)14-26-21-6-9-24-10-7-21/h3-4,6-7,9-10,12,16,20,25H,1-2,5,8,11,13-15,23H2/t16?,20-,22+/m0/s1. The second-order valence-electron chi connectivity index (χ2n) is 8.09. The average Bonchev–Trinajstić information content (AvgIpc) is 3.09. The largest absolute Gasteiger partial charge is 0.394 e. The van der Waals surface area contributed by atoms with Crippen LogP contribution in [0.25, 0.3) is 0 Å². The monoisotopic (exact) mass is 368 g/mol. The van der Waals surface area contributed by atoms with Crippen molar-refractivity contribution in [2.75, 3.05) is 12.4 Å². The number of aliphatic hydroxyl groups is 1. The van der Waals surface area contributed by atoms with Gasteiger partial charge in [-0.1, -0.05) is 18.2 Å². The van der Waals surface area contributed by atoms with Crippen LogP contribution in [0.3, 0.4) is 0 Å². The number of pyridine rings is 1. The number of aromatic nitrogens is 1. The van der Waals surface area contributed by atoms with Gasteiger partial charge in [0.05, 0.1) is 6.61 Å². The smallest absolute Gasteiger partial charge is 0.0611 e. The molecule has 26 heavy (non-hydrogen) atoms. The average molecular weight is 369 g/mol. The van der Waals surface area contributed by atoms with Crippen molar-refractivity contribution in [1.29, 1.82) is 0 Å². The molecule has 2 aromatic rings. The van der Waals surface area contributed by atoms with Gasteiger partial charge in [-0.3, -0.25) is 4.98 Å². The quantitative estimate of drug-likeness (QED) is 0.785. The van der Waals surface area contributed by atoms with Gasteiger partial charge in [-0.2, -0.15) is 0 Å². The van der Waals surface area contributed by atoms with Crippen molar-refractivity contribution < 1.29 is 5.11 Å². The van der Waals surface area contributed by atoms with Crippen LogP contribution in [0, 0.1) is 5.92 Å². The Morgan fingerprint density at radius 3 is 2.77 bits per heavy atom. The number of aryl methyl sites for hydroxylation is 1. The molecule has 0 aliphatic heterocycles. The molecule has 3 nitrogen and oxygen atoms in total. The molecule has 4 rings (SSSR count). The Kier molecular flexibility index (Phi) is 5.35. The van der Waals surface area contributed by atoms with E-state index in [0.29, 0.717) is 5.92 Å². The molecule has 4 heteroatoms. The van der Waals surface area contributed by atoms with E-state index in [0.717, 1.165) is 25.2 Å². The van der Waals surface area contributed by atoms with Crippen LogP contribution < -0.4 is 5.73 Å². The van der Waals surface area contributed by atoms with Gasteiger partial charge < -0.3 is 10.8 Å². The number of benzene rings is 1. The van der Waals surface area contributed by atoms with E-state index in [1.165, 1.54) is 46.6 Å². The van der Waals surface area contributed by atoms with Crippen molar-refractivity contribution in [3.63, 3.8) is 0 Å². The molecule has 0 amide bonds. The van der Waals surface area contributed by atoms with Crippen LogP contribution in [0.1, 0.15) is 48.3 Å². The summed E-state index contributed by atoms with van der Waals surface area (Å²) in [4.78, 5) is 5.41. The first kappa shape index (κ1) is 18.0. The van der Waals surface area contributed by atoms with Gasteiger partial charge in [-0.25, -0.2) is 0 Å². The number of hydrogen-bond acceptors (Lipinski definition) is 4. The number of fused-ring (bicyclic) bond motifs is 1. The minimum Gasteiger partial charge on any atom is -0.394 e. The minimum atomic E-state index is -0.365. The first-order valence-electron chi connectivity index (χ1n) is 9.69. The maximum atomic E-state index is 9.51. The number of nitrogens with two attached hydrogens (primary N) is 1. The molecule has 2 aliphatic rings. The summed E-state index contributed by atoms with van der Waals surface area (Å²) in [6.45, 7) is 0.102. The molecule has 0 saturated heterocycles. The highest BCUT2D eigenvalue weighted by Gasteiger charge is 2.36. The predicted octanol–water partition coefficient (Wildman–Crippen LogP) is 3.94. The summed E-state index contributed by atoms with van der Waals surface area (Å²) in [6, 6.07) is 11.3. The number of thioether (sulfide) groups is 1. The van der Waals surface area contributed by atoms with Crippen LogP contribution in [0.2, 0.25) is 0 Å². The third-order valence-corrected chi connectivity index (χ3v) is 7.37. The van der Waals surface area contributed by atoms with Crippen molar-refractivity contribution in [3.8, 4) is 0 Å². The Balaban J connectivity index is 1.38. The number of rotatable bonds is 5. The van der Waals surface area contributed by atoms with Crippen molar-refractivity contribution in [2.24, 2.45) is 11.7 Å². The fourth-order valence-corrected chi connectivity index (χ4v) is 5.51. The van der Waals surface area contributed by atoms with E-state index >= 15 is 0 Å². The van der Waals surface area contributed by atoms with Crippen LogP contribution in [0.4, 0.5) is 0 Å². The first-order chi connectivity index (χ1) is 12.6. The van der Waals surface area contributed by atoms with Gasteiger partial charge in [0.1, 0.15) is 0 Å². The lowest BCUT2D eigenvalue weighted by atomic mass is 9.82. The van der Waals surface area contributed by atoms with Gasteiger partial charge >= 0.3 is 0 Å². The van der Waals surface area contributed by atoms with Crippen molar-refractivity contribution in [3.05, 3.63) is 59.4 Å². The molecule has 0 spiro atoms. The van der Waals surface area contributed by atoms with Gasteiger partial charge in [-0.05, 0) is 79.2 Å². The van der Waals surface area contributed by atoms with Gasteiger partial charge in [0, 0.05) is 28.6 Å². The molecule has 3 atom stereocenters. The molecule has 1 fully saturated rings. The summed E-state index contributed by atoms with van der Waals surface area (Å²) in [6.07, 6.45) is 10.3. The minimum absolute atomic E-state index is 0.102. The first-order valence-corrected chi connectivity index (χ1v) is 10.7. The Labute approximate surface area is 160 Å². The maximum absolute atomic E-state index is 9.51. The lowest BCUT2D eigenvalue weighted by Crippen LogP contribution is -2.40. The van der Waals surface area contributed by atoms with Crippen LogP contribution in [-0.2, 0) is 12.8 Å². The van der Waals surface area contributed by atoms with E-state index in [1.54, 1.807) is 0 Å². The van der Waals surface area contributed by atoms with Crippen LogP contribution in [0.15, 0.2) is 47.6 Å². The van der Waals surface area contributed by atoms with Crippen molar-refractivity contribution >= 4 is 11.8 Å². The summed E-state index contributed by atoms with van der Waals surface area (Å²) >= 11 is 1.95. The molecule has 0 bridgehead atoms. The van der Waals surface area contributed by atoms with E-state index in [2.05, 4.69) is 35.3 Å². The zero-order valence-electron chi connectivity index (χ0n) is 15.2. The van der Waals surface area contributed by atoms with E-state index in [4.69, 9.17) is 5.73 Å². The second-order valence-corrected chi connectivity index (χ2v) is 9.18. The highest BCUT2D eigenvalue weighted by atomic mass is 32.2. The summed E-state index contributed by atoms with van der Waals surface area (Å²) in [5, 5.41) is 9.51. The Morgan fingerprint density at radius 1 is 1.15 bits per heavy atom. The second kappa shape index (κ2) is 7.71. The third-order valence-electron chi connectivity index (χ3n) is 6.13. The molecule has 1 unspecified atom stereocenters. The fraction of sp³-hybridized carbons (Fsp3) is 0.500. The summed E-state index contributed by atoms with van der Waals surface area (Å²) in [7, 11) is 0. The molecule has 1 heterocycles. The Hall–Kier alpha value is -1.36. The topological polar surface area (TPSA) is 59.1 Å². The molecule has 1 aromatic carbocycles. The zero-order chi connectivity index (χ0) is 18.0. The van der Waals surface area contributed by atoms with Crippen molar-refractivity contribution in [1.82, 2.24) is 4.98 Å². The molecule has 1 saturated carbocycles. The van der Waals surface area contributed by atoms with E-state index in [9.17, 15) is 5.11 Å². The number of hydrogen-bond donors (Lipinski definition) is 2. The van der Waals surface area contributed by atoms with Gasteiger partial charge in [0.25, 0.3) is 0 Å². The Morgan fingerprint density at radius 2 is 2.00 bits per heavy atom. The summed E-state index contributed by atoms with van der Waals surface area (Å²) in [5.41, 5.74) is 10.4. The zero-order valence-corrected chi connectivity index (χ0v) is 16.0. The van der Waals surface area contributed by atoms with Gasteiger partial charge in [0.2, 0.25) is 0 Å². The maximum Gasteiger partial charge on any atom is 0.0611 e. The summed E-state index contributed by atoms with van der Waals surface area (Å²) in [5.74, 6) is 2.45. The predicted molar refractivity (Wildman–Crippen MR) is 108 cm³/mol. The lowest BCUT2D eigenvalue weighted by Gasteiger charge is -2.26. The molecule has 3 N–H and O–H groups in total. The van der Waals surface area contributed by atoms with Crippen LogP contribution in [-0.4, -0.2) is 28.0 Å². The molecule has 138 valence electrons. The van der Waals surface area contributed by atoms with Crippen molar-refractivity contribution in [2.45, 2.75) is 54.9 Å². The molecular formula is C22H28N2OS. The molecule has 1 aromatic heterocycles. The van der Waals surface area contributed by atoms with E-state index in [1.807, 2.05) is 24.2 Å². The number of aliphatic hydroxyl groups excluding tert-OH is 1. The van der Waals surface area contributed by atoms with Gasteiger partial charge in [-0.15, -0.1) is 11.8 Å². The molecular weight excluding hydrogens is 340 g/mol. The normalized spacial score (nSPS) is 28.1. The SMILES string of the molecule is N[C@]1(CO)CC[C@H](c2ccc3c(c2)CCC(CSc2ccncc2)C3)C1. The van der Waals surface area contributed by atoms with Gasteiger partial charge in [0.15, 0.2) is 0 Å². The van der Waals surface area contributed by atoms with Crippen LogP contribution >= 0.6 is 11.8 Å². The third kappa shape index (κ3) is 3.98. The van der Waals surface area contributed by atoms with E-state index in [-0.39, 0.29) is 12.1 Å². The fourth-order valence-electron chi connectivity index (χ4n) is 4.48. The highest BCUT2D eigenvalue weighted by molar-refractivity contribution is 7.99. The molecule has 0 radical (unpaired) electrons. The number of nitrogens with zero attached hydrogens (tertiary/aromatic N) is 1. The van der Waals surface area contributed by atoms with E-state index < -0.39 is 0 Å². The highest BCUT2D eigenvalue weighted by Crippen LogP contribution is 2.41. The van der Waals surface area contributed by atoms with Crippen LogP contribution in [0.5, 0.6) is 0 Å². The molecule has 2 aliphatic carbocycles. The Bertz CT molecular complexity index is 751.